The lowest BCUT2D eigenvalue weighted by molar-refractivity contribution is 0.351. The molecule has 0 spiro atoms. The quantitative estimate of drug-likeness (QED) is 0.910. The molecule has 2 aromatic carbocycles. The molecular formula is C18H20ClNO. The lowest BCUT2D eigenvalue weighted by Gasteiger charge is -2.18. The van der Waals surface area contributed by atoms with Crippen molar-refractivity contribution in [3.05, 3.63) is 64.2 Å². The number of halogens is 1. The van der Waals surface area contributed by atoms with Gasteiger partial charge in [0, 0.05) is 17.5 Å². The maximum Gasteiger partial charge on any atom is 0.125 e. The van der Waals surface area contributed by atoms with Crippen LogP contribution >= 0.6 is 11.6 Å². The molecule has 1 atom stereocenters. The molecule has 0 saturated carbocycles. The number of ether oxygens (including phenoxy) is 1. The molecule has 21 heavy (non-hydrogen) atoms. The monoisotopic (exact) mass is 301 g/mol. The summed E-state index contributed by atoms with van der Waals surface area (Å²) in [6.45, 7) is 0.769. The minimum Gasteiger partial charge on any atom is -0.493 e. The predicted octanol–water partition coefficient (Wildman–Crippen LogP) is 3.65. The zero-order valence-electron chi connectivity index (χ0n) is 12.2. The molecule has 2 nitrogen and oxygen atoms in total. The minimum atomic E-state index is 0.374. The lowest BCUT2D eigenvalue weighted by Crippen LogP contribution is -2.30. The molecule has 2 aromatic rings. The highest BCUT2D eigenvalue weighted by molar-refractivity contribution is 6.30. The van der Waals surface area contributed by atoms with Crippen molar-refractivity contribution in [3.8, 4) is 5.75 Å². The lowest BCUT2D eigenvalue weighted by atomic mass is 9.97. The molecule has 3 rings (SSSR count). The van der Waals surface area contributed by atoms with Crippen LogP contribution in [-0.2, 0) is 19.3 Å². The van der Waals surface area contributed by atoms with Gasteiger partial charge in [-0.25, -0.2) is 0 Å². The Balaban J connectivity index is 1.78. The normalized spacial score (nSPS) is 14.6. The van der Waals surface area contributed by atoms with Crippen molar-refractivity contribution < 1.29 is 4.74 Å². The van der Waals surface area contributed by atoms with Gasteiger partial charge in [-0.15, -0.1) is 0 Å². The van der Waals surface area contributed by atoms with E-state index in [-0.39, 0.29) is 0 Å². The van der Waals surface area contributed by atoms with Crippen LogP contribution in [0.25, 0.3) is 0 Å². The topological polar surface area (TPSA) is 21.3 Å². The first kappa shape index (κ1) is 14.4. The molecule has 0 amide bonds. The van der Waals surface area contributed by atoms with Crippen LogP contribution in [0.15, 0.2) is 42.5 Å². The molecule has 0 fully saturated rings. The van der Waals surface area contributed by atoms with Crippen molar-refractivity contribution in [1.29, 1.82) is 0 Å². The van der Waals surface area contributed by atoms with Crippen molar-refractivity contribution in [2.24, 2.45) is 0 Å². The van der Waals surface area contributed by atoms with E-state index in [2.05, 4.69) is 35.6 Å². The molecule has 1 unspecified atom stereocenters. The zero-order chi connectivity index (χ0) is 14.7. The standard InChI is InChI=1S/C18H20ClNO/c1-20-17(9-13-5-3-2-4-6-13)12-15-11-16(19)10-14-7-8-21-18(14)15/h2-6,10-11,17,20H,7-9,12H2,1H3. The second-order valence-electron chi connectivity index (χ2n) is 5.53. The van der Waals surface area contributed by atoms with Gasteiger partial charge in [0.25, 0.3) is 0 Å². The highest BCUT2D eigenvalue weighted by Gasteiger charge is 2.20. The fraction of sp³-hybridized carbons (Fsp3) is 0.333. The molecule has 1 aliphatic rings. The van der Waals surface area contributed by atoms with Gasteiger partial charge in [-0.2, -0.15) is 0 Å². The summed E-state index contributed by atoms with van der Waals surface area (Å²) in [5.41, 5.74) is 3.80. The first-order valence-electron chi connectivity index (χ1n) is 7.41. The van der Waals surface area contributed by atoms with Crippen LogP contribution in [-0.4, -0.2) is 19.7 Å². The van der Waals surface area contributed by atoms with Gasteiger partial charge in [-0.05, 0) is 48.7 Å². The molecule has 3 heteroatoms. The van der Waals surface area contributed by atoms with E-state index in [1.54, 1.807) is 0 Å². The van der Waals surface area contributed by atoms with Crippen LogP contribution in [0.2, 0.25) is 5.02 Å². The fourth-order valence-corrected chi connectivity index (χ4v) is 3.20. The number of hydrogen-bond acceptors (Lipinski definition) is 2. The number of nitrogens with one attached hydrogen (secondary N) is 1. The zero-order valence-corrected chi connectivity index (χ0v) is 13.0. The summed E-state index contributed by atoms with van der Waals surface area (Å²) in [5.74, 6) is 1.05. The van der Waals surface area contributed by atoms with Gasteiger partial charge in [0.1, 0.15) is 5.75 Å². The largest absolute Gasteiger partial charge is 0.493 e. The van der Waals surface area contributed by atoms with Crippen LogP contribution in [0, 0.1) is 0 Å². The van der Waals surface area contributed by atoms with E-state index >= 15 is 0 Å². The second kappa shape index (κ2) is 6.50. The minimum absolute atomic E-state index is 0.374. The maximum atomic E-state index is 6.24. The number of hydrogen-bond donors (Lipinski definition) is 1. The van der Waals surface area contributed by atoms with E-state index in [0.29, 0.717) is 6.04 Å². The van der Waals surface area contributed by atoms with E-state index in [9.17, 15) is 0 Å². The van der Waals surface area contributed by atoms with Gasteiger partial charge >= 0.3 is 0 Å². The van der Waals surface area contributed by atoms with E-state index in [1.165, 1.54) is 16.7 Å². The second-order valence-corrected chi connectivity index (χ2v) is 5.97. The summed E-state index contributed by atoms with van der Waals surface area (Å²) in [6.07, 6.45) is 2.89. The third-order valence-corrected chi connectivity index (χ3v) is 4.24. The van der Waals surface area contributed by atoms with E-state index in [4.69, 9.17) is 16.3 Å². The summed E-state index contributed by atoms with van der Waals surface area (Å²) in [5, 5.41) is 4.22. The van der Waals surface area contributed by atoms with E-state index < -0.39 is 0 Å². The van der Waals surface area contributed by atoms with Gasteiger partial charge in [-0.3, -0.25) is 0 Å². The number of likely N-dealkylation sites (N-methyl/N-ethyl adjacent to an activating group) is 1. The SMILES string of the molecule is CNC(Cc1ccccc1)Cc1cc(Cl)cc2c1OCC2. The summed E-state index contributed by atoms with van der Waals surface area (Å²) in [6, 6.07) is 15.0. The summed E-state index contributed by atoms with van der Waals surface area (Å²) in [7, 11) is 2.01. The van der Waals surface area contributed by atoms with Gasteiger partial charge in [0.2, 0.25) is 0 Å². The van der Waals surface area contributed by atoms with Gasteiger partial charge < -0.3 is 10.1 Å². The highest BCUT2D eigenvalue weighted by atomic mass is 35.5. The van der Waals surface area contributed by atoms with Gasteiger partial charge in [0.05, 0.1) is 6.61 Å². The smallest absolute Gasteiger partial charge is 0.125 e. The Kier molecular flexibility index (Phi) is 4.47. The van der Waals surface area contributed by atoms with Crippen molar-refractivity contribution in [2.75, 3.05) is 13.7 Å². The Bertz CT molecular complexity index is 612. The summed E-state index contributed by atoms with van der Waals surface area (Å²) in [4.78, 5) is 0. The highest BCUT2D eigenvalue weighted by Crippen LogP contribution is 2.33. The Labute approximate surface area is 131 Å². The Hall–Kier alpha value is -1.51. The summed E-state index contributed by atoms with van der Waals surface area (Å²) >= 11 is 6.24. The fourth-order valence-electron chi connectivity index (χ4n) is 2.94. The Morgan fingerprint density at radius 2 is 2.00 bits per heavy atom. The third kappa shape index (κ3) is 3.39. The first-order valence-corrected chi connectivity index (χ1v) is 7.79. The molecule has 0 aromatic heterocycles. The van der Waals surface area contributed by atoms with Crippen molar-refractivity contribution in [2.45, 2.75) is 25.3 Å². The summed E-state index contributed by atoms with van der Waals surface area (Å²) < 4.78 is 5.79. The van der Waals surface area contributed by atoms with Crippen LogP contribution in [0.1, 0.15) is 16.7 Å². The third-order valence-electron chi connectivity index (χ3n) is 4.02. The molecular weight excluding hydrogens is 282 g/mol. The molecule has 0 saturated heterocycles. The maximum absolute atomic E-state index is 6.24. The molecule has 0 aliphatic carbocycles. The van der Waals surface area contributed by atoms with Crippen LogP contribution in [0.5, 0.6) is 5.75 Å². The molecule has 1 heterocycles. The van der Waals surface area contributed by atoms with E-state index in [0.717, 1.165) is 36.6 Å². The predicted molar refractivity (Wildman–Crippen MR) is 87.3 cm³/mol. The molecule has 0 bridgehead atoms. The first-order chi connectivity index (χ1) is 10.3. The average Bonchev–Trinajstić information content (AvgIpc) is 2.96. The van der Waals surface area contributed by atoms with Gasteiger partial charge in [0.15, 0.2) is 0 Å². The molecule has 0 radical (unpaired) electrons. The van der Waals surface area contributed by atoms with Crippen molar-refractivity contribution in [3.63, 3.8) is 0 Å². The van der Waals surface area contributed by atoms with Crippen molar-refractivity contribution >= 4 is 11.6 Å². The number of rotatable bonds is 5. The van der Waals surface area contributed by atoms with Crippen LogP contribution in [0.3, 0.4) is 0 Å². The van der Waals surface area contributed by atoms with Gasteiger partial charge in [-0.1, -0.05) is 41.9 Å². The number of benzene rings is 2. The van der Waals surface area contributed by atoms with Crippen LogP contribution in [0.4, 0.5) is 0 Å². The molecule has 1 aliphatic heterocycles. The molecule has 110 valence electrons. The Morgan fingerprint density at radius 3 is 2.76 bits per heavy atom. The molecule has 1 N–H and O–H groups in total. The van der Waals surface area contributed by atoms with Crippen molar-refractivity contribution in [1.82, 2.24) is 5.32 Å². The Morgan fingerprint density at radius 1 is 1.19 bits per heavy atom. The van der Waals surface area contributed by atoms with E-state index in [1.807, 2.05) is 19.2 Å². The van der Waals surface area contributed by atoms with Crippen LogP contribution < -0.4 is 10.1 Å². The average molecular weight is 302 g/mol. The number of fused-ring (bicyclic) bond motifs is 1.